The summed E-state index contributed by atoms with van der Waals surface area (Å²) in [4.78, 5) is 11.8. The lowest BCUT2D eigenvalue weighted by Crippen LogP contribution is -2.37. The molecule has 0 unspecified atom stereocenters. The van der Waals surface area contributed by atoms with Crippen LogP contribution >= 0.6 is 0 Å². The highest BCUT2D eigenvalue weighted by Crippen LogP contribution is 2.46. The standard InChI is InChI=1S/C19H26N4O/c1-23-14-15(12-22-23)7-5-6-10-20-19(24)21-13-17-11-18(17)16-8-3-2-4-9-16/h2-4,8-9,12,14,17-18H,5-7,10-11,13H2,1H3,(H2,20,21,24)/t17-,18-/m1/s1. The molecule has 24 heavy (non-hydrogen) atoms. The minimum absolute atomic E-state index is 0.0462. The first-order valence-corrected chi connectivity index (χ1v) is 8.76. The zero-order valence-electron chi connectivity index (χ0n) is 14.2. The van der Waals surface area contributed by atoms with Crippen LogP contribution in [0.1, 0.15) is 36.3 Å². The van der Waals surface area contributed by atoms with Crippen LogP contribution in [-0.4, -0.2) is 28.9 Å². The van der Waals surface area contributed by atoms with Gasteiger partial charge in [0.25, 0.3) is 0 Å². The average Bonchev–Trinajstić information content (AvgIpc) is 3.27. The molecule has 1 heterocycles. The lowest BCUT2D eigenvalue weighted by Gasteiger charge is -2.07. The summed E-state index contributed by atoms with van der Waals surface area (Å²) >= 11 is 0. The number of unbranched alkanes of at least 4 members (excludes halogenated alkanes) is 1. The van der Waals surface area contributed by atoms with Crippen LogP contribution in [0.4, 0.5) is 4.79 Å². The summed E-state index contributed by atoms with van der Waals surface area (Å²) in [5.74, 6) is 1.20. The Morgan fingerprint density at radius 2 is 2.08 bits per heavy atom. The number of carbonyl (C=O) groups is 1. The molecule has 0 aliphatic heterocycles. The Morgan fingerprint density at radius 1 is 1.25 bits per heavy atom. The van der Waals surface area contributed by atoms with E-state index in [9.17, 15) is 4.79 Å². The summed E-state index contributed by atoms with van der Waals surface area (Å²) in [5.41, 5.74) is 2.64. The van der Waals surface area contributed by atoms with Crippen LogP contribution in [0.2, 0.25) is 0 Å². The van der Waals surface area contributed by atoms with Gasteiger partial charge in [-0.05, 0) is 48.6 Å². The first-order chi connectivity index (χ1) is 11.7. The second-order valence-electron chi connectivity index (χ2n) is 6.63. The van der Waals surface area contributed by atoms with Crippen LogP contribution in [0.5, 0.6) is 0 Å². The summed E-state index contributed by atoms with van der Waals surface area (Å²) in [5, 5.41) is 10.1. The third kappa shape index (κ3) is 4.85. The van der Waals surface area contributed by atoms with Crippen LogP contribution in [-0.2, 0) is 13.5 Å². The average molecular weight is 326 g/mol. The summed E-state index contributed by atoms with van der Waals surface area (Å²) in [6.07, 6.45) is 8.17. The van der Waals surface area contributed by atoms with E-state index in [1.165, 1.54) is 17.5 Å². The van der Waals surface area contributed by atoms with Crippen molar-refractivity contribution in [2.24, 2.45) is 13.0 Å². The van der Waals surface area contributed by atoms with Gasteiger partial charge in [-0.1, -0.05) is 30.3 Å². The van der Waals surface area contributed by atoms with Crippen LogP contribution in [0.25, 0.3) is 0 Å². The van der Waals surface area contributed by atoms with Gasteiger partial charge < -0.3 is 10.6 Å². The minimum atomic E-state index is -0.0462. The number of nitrogens with zero attached hydrogens (tertiary/aromatic N) is 2. The molecule has 5 heteroatoms. The van der Waals surface area contributed by atoms with E-state index in [1.54, 1.807) is 0 Å². The van der Waals surface area contributed by atoms with Crippen LogP contribution in [0.15, 0.2) is 42.7 Å². The Bertz CT molecular complexity index is 652. The molecule has 2 aromatic rings. The monoisotopic (exact) mass is 326 g/mol. The van der Waals surface area contributed by atoms with Crippen molar-refractivity contribution in [3.05, 3.63) is 53.9 Å². The van der Waals surface area contributed by atoms with Gasteiger partial charge in [0.1, 0.15) is 0 Å². The van der Waals surface area contributed by atoms with Crippen molar-refractivity contribution >= 4 is 6.03 Å². The molecular weight excluding hydrogens is 300 g/mol. The number of carbonyl (C=O) groups excluding carboxylic acids is 1. The van der Waals surface area contributed by atoms with E-state index in [-0.39, 0.29) is 6.03 Å². The maximum absolute atomic E-state index is 11.8. The van der Waals surface area contributed by atoms with E-state index in [1.807, 2.05) is 30.2 Å². The van der Waals surface area contributed by atoms with Gasteiger partial charge in [0.15, 0.2) is 0 Å². The molecule has 0 saturated heterocycles. The SMILES string of the molecule is Cn1cc(CCCCNC(=O)NC[C@H]2C[C@@H]2c2ccccc2)cn1. The Hall–Kier alpha value is -2.30. The summed E-state index contributed by atoms with van der Waals surface area (Å²) in [6.45, 7) is 1.49. The van der Waals surface area contributed by atoms with E-state index < -0.39 is 0 Å². The highest BCUT2D eigenvalue weighted by molar-refractivity contribution is 5.73. The molecule has 0 spiro atoms. The Labute approximate surface area is 143 Å². The highest BCUT2D eigenvalue weighted by atomic mass is 16.2. The van der Waals surface area contributed by atoms with Crippen molar-refractivity contribution in [1.82, 2.24) is 20.4 Å². The maximum atomic E-state index is 11.8. The van der Waals surface area contributed by atoms with E-state index in [0.717, 1.165) is 32.4 Å². The van der Waals surface area contributed by atoms with Crippen LogP contribution in [0, 0.1) is 5.92 Å². The molecule has 0 bridgehead atoms. The van der Waals surface area contributed by atoms with Crippen molar-refractivity contribution in [2.45, 2.75) is 31.6 Å². The summed E-state index contributed by atoms with van der Waals surface area (Å²) < 4.78 is 1.82. The third-order valence-corrected chi connectivity index (χ3v) is 4.61. The minimum Gasteiger partial charge on any atom is -0.338 e. The molecule has 2 atom stereocenters. The third-order valence-electron chi connectivity index (χ3n) is 4.61. The number of rotatable bonds is 8. The Balaban J connectivity index is 1.23. The molecule has 1 aromatic carbocycles. The van der Waals surface area contributed by atoms with Gasteiger partial charge in [0, 0.05) is 26.3 Å². The van der Waals surface area contributed by atoms with E-state index in [0.29, 0.717) is 11.8 Å². The van der Waals surface area contributed by atoms with Gasteiger partial charge in [0.2, 0.25) is 0 Å². The number of aromatic nitrogens is 2. The van der Waals surface area contributed by atoms with Crippen molar-refractivity contribution in [2.75, 3.05) is 13.1 Å². The summed E-state index contributed by atoms with van der Waals surface area (Å²) in [7, 11) is 1.93. The number of aryl methyl sites for hydroxylation is 2. The van der Waals surface area contributed by atoms with E-state index in [2.05, 4.69) is 40.0 Å². The maximum Gasteiger partial charge on any atom is 0.314 e. The number of hydrogen-bond acceptors (Lipinski definition) is 2. The smallest absolute Gasteiger partial charge is 0.314 e. The predicted octanol–water partition coefficient (Wildman–Crippen LogP) is 2.85. The molecule has 5 nitrogen and oxygen atoms in total. The zero-order chi connectivity index (χ0) is 16.8. The molecule has 2 amide bonds. The molecule has 1 aliphatic rings. The van der Waals surface area contributed by atoms with E-state index in [4.69, 9.17) is 0 Å². The number of urea groups is 1. The van der Waals surface area contributed by atoms with Gasteiger partial charge in [-0.3, -0.25) is 4.68 Å². The lowest BCUT2D eigenvalue weighted by molar-refractivity contribution is 0.240. The fraction of sp³-hybridized carbons (Fsp3) is 0.474. The number of amides is 2. The fourth-order valence-corrected chi connectivity index (χ4v) is 3.12. The van der Waals surface area contributed by atoms with Crippen molar-refractivity contribution in [3.63, 3.8) is 0 Å². The first kappa shape index (κ1) is 16.6. The Kier molecular flexibility index (Phi) is 5.51. The van der Waals surface area contributed by atoms with Crippen molar-refractivity contribution < 1.29 is 4.79 Å². The molecule has 1 fully saturated rings. The topological polar surface area (TPSA) is 59.0 Å². The molecule has 0 radical (unpaired) electrons. The van der Waals surface area contributed by atoms with Crippen LogP contribution < -0.4 is 10.6 Å². The van der Waals surface area contributed by atoms with Gasteiger partial charge in [0.05, 0.1) is 6.20 Å². The quantitative estimate of drug-likeness (QED) is 0.733. The van der Waals surface area contributed by atoms with Crippen LogP contribution in [0.3, 0.4) is 0 Å². The second kappa shape index (κ2) is 7.99. The highest BCUT2D eigenvalue weighted by Gasteiger charge is 2.37. The second-order valence-corrected chi connectivity index (χ2v) is 6.63. The molecule has 1 aliphatic carbocycles. The summed E-state index contributed by atoms with van der Waals surface area (Å²) in [6, 6.07) is 10.5. The molecule has 1 aromatic heterocycles. The molecular formula is C19H26N4O. The molecule has 1 saturated carbocycles. The normalized spacial score (nSPS) is 19.0. The largest absolute Gasteiger partial charge is 0.338 e. The van der Waals surface area contributed by atoms with Gasteiger partial charge in [-0.2, -0.15) is 5.10 Å². The molecule has 128 valence electrons. The van der Waals surface area contributed by atoms with Gasteiger partial charge >= 0.3 is 6.03 Å². The lowest BCUT2D eigenvalue weighted by atomic mass is 10.1. The number of benzene rings is 1. The number of nitrogens with one attached hydrogen (secondary N) is 2. The first-order valence-electron chi connectivity index (χ1n) is 8.76. The predicted molar refractivity (Wildman–Crippen MR) is 94.8 cm³/mol. The number of hydrogen-bond donors (Lipinski definition) is 2. The Morgan fingerprint density at radius 3 is 2.83 bits per heavy atom. The molecule has 3 rings (SSSR count). The van der Waals surface area contributed by atoms with Gasteiger partial charge in [-0.15, -0.1) is 0 Å². The molecule has 2 N–H and O–H groups in total. The van der Waals surface area contributed by atoms with E-state index >= 15 is 0 Å². The fourth-order valence-electron chi connectivity index (χ4n) is 3.12. The van der Waals surface area contributed by atoms with Crippen molar-refractivity contribution in [3.8, 4) is 0 Å². The van der Waals surface area contributed by atoms with Crippen molar-refractivity contribution in [1.29, 1.82) is 0 Å². The van der Waals surface area contributed by atoms with Gasteiger partial charge in [-0.25, -0.2) is 4.79 Å². The zero-order valence-corrected chi connectivity index (χ0v) is 14.2.